The quantitative estimate of drug-likeness (QED) is 0.200. The summed E-state index contributed by atoms with van der Waals surface area (Å²) in [6.07, 6.45) is -2.67. The van der Waals surface area contributed by atoms with Gasteiger partial charge in [0.2, 0.25) is 0 Å². The summed E-state index contributed by atoms with van der Waals surface area (Å²) in [7, 11) is 0. The van der Waals surface area contributed by atoms with E-state index in [0.29, 0.717) is 42.1 Å². The summed E-state index contributed by atoms with van der Waals surface area (Å²) in [5.41, 5.74) is 5.59. The first-order valence-electron chi connectivity index (χ1n) is 13.8. The average Bonchev–Trinajstić information content (AvgIpc) is 3.44. The zero-order valence-corrected chi connectivity index (χ0v) is 25.1. The fourth-order valence-corrected chi connectivity index (χ4v) is 4.79. The molecule has 8 nitrogen and oxygen atoms in total. The lowest BCUT2D eigenvalue weighted by molar-refractivity contribution is -0.274. The van der Waals surface area contributed by atoms with E-state index < -0.39 is 6.36 Å². The van der Waals surface area contributed by atoms with Crippen LogP contribution in [0, 0.1) is 6.92 Å². The molecule has 0 unspecified atom stereocenters. The van der Waals surface area contributed by atoms with Crippen molar-refractivity contribution in [3.8, 4) is 22.8 Å². The van der Waals surface area contributed by atoms with Crippen molar-refractivity contribution in [2.45, 2.75) is 46.4 Å². The Morgan fingerprint density at radius 3 is 2.40 bits per heavy atom. The monoisotopic (exact) mass is 610 g/mol. The van der Waals surface area contributed by atoms with E-state index in [1.807, 2.05) is 43.0 Å². The maximum absolute atomic E-state index is 12.6. The van der Waals surface area contributed by atoms with Gasteiger partial charge in [-0.1, -0.05) is 50.2 Å². The lowest BCUT2D eigenvalue weighted by Crippen LogP contribution is -2.47. The third-order valence-corrected chi connectivity index (χ3v) is 6.94. The van der Waals surface area contributed by atoms with Crippen molar-refractivity contribution in [1.29, 1.82) is 0 Å². The van der Waals surface area contributed by atoms with E-state index in [4.69, 9.17) is 12.2 Å². The molecular formula is C31H33F3N6O2S. The molecule has 0 fully saturated rings. The van der Waals surface area contributed by atoms with Crippen LogP contribution in [0.1, 0.15) is 43.4 Å². The minimum atomic E-state index is -4.75. The zero-order chi connectivity index (χ0) is 31.1. The van der Waals surface area contributed by atoms with Gasteiger partial charge in [-0.2, -0.15) is 0 Å². The molecule has 2 N–H and O–H groups in total. The molecule has 0 aliphatic heterocycles. The number of hydrogen-bond donors (Lipinski definition) is 2. The highest BCUT2D eigenvalue weighted by molar-refractivity contribution is 7.80. The molecule has 1 heterocycles. The minimum Gasteiger partial charge on any atom is -0.406 e. The van der Waals surface area contributed by atoms with E-state index in [2.05, 4.69) is 57.5 Å². The summed E-state index contributed by atoms with van der Waals surface area (Å²) in [5, 5.41) is 10.4. The maximum Gasteiger partial charge on any atom is 0.573 e. The van der Waals surface area contributed by atoms with Crippen molar-refractivity contribution in [2.75, 3.05) is 18.0 Å². The standard InChI is InChI=1S/C31H33F3N6O2S/c1-5-39(27-18-21(4)6-15-26(27)20(2)3)30(43)37-29(41)35-17-16-22-7-9-23(10-8-22)28-36-19-40(38-28)24-11-13-25(14-12-24)42-31(32,33)34/h6-15,18-20H,5,16-17H2,1-4H3,(H2,35,37,41,43). The first kappa shape index (κ1) is 31.5. The second kappa shape index (κ2) is 13.7. The molecule has 0 bridgehead atoms. The summed E-state index contributed by atoms with van der Waals surface area (Å²) in [5.74, 6) is 0.455. The van der Waals surface area contributed by atoms with Gasteiger partial charge in [-0.05, 0) is 85.4 Å². The molecule has 4 rings (SSSR count). The molecule has 0 saturated carbocycles. The van der Waals surface area contributed by atoms with E-state index in [9.17, 15) is 18.0 Å². The topological polar surface area (TPSA) is 84.3 Å². The Kier molecular flexibility index (Phi) is 10.0. The number of rotatable bonds is 9. The summed E-state index contributed by atoms with van der Waals surface area (Å²) >= 11 is 5.58. The van der Waals surface area contributed by atoms with Gasteiger partial charge in [0, 0.05) is 24.3 Å². The van der Waals surface area contributed by atoms with Crippen molar-refractivity contribution >= 4 is 29.0 Å². The molecule has 1 aromatic heterocycles. The summed E-state index contributed by atoms with van der Waals surface area (Å²) in [4.78, 5) is 18.8. The van der Waals surface area contributed by atoms with Crippen molar-refractivity contribution < 1.29 is 22.7 Å². The van der Waals surface area contributed by atoms with Crippen LogP contribution in [0.5, 0.6) is 5.75 Å². The largest absolute Gasteiger partial charge is 0.573 e. The molecule has 0 spiro atoms. The Balaban J connectivity index is 1.29. The van der Waals surface area contributed by atoms with E-state index in [1.54, 1.807) is 0 Å². The first-order valence-corrected chi connectivity index (χ1v) is 14.2. The number of carbonyl (C=O) groups excluding carboxylic acids is 1. The van der Waals surface area contributed by atoms with Crippen molar-refractivity contribution in [2.24, 2.45) is 0 Å². The Labute approximate surface area is 253 Å². The van der Waals surface area contributed by atoms with Gasteiger partial charge in [0.25, 0.3) is 0 Å². The third kappa shape index (κ3) is 8.54. The van der Waals surface area contributed by atoms with Crippen molar-refractivity contribution in [3.05, 3.63) is 89.7 Å². The number of hydrogen-bond acceptors (Lipinski definition) is 5. The Morgan fingerprint density at radius 2 is 1.77 bits per heavy atom. The molecule has 43 heavy (non-hydrogen) atoms. The van der Waals surface area contributed by atoms with Gasteiger partial charge in [-0.3, -0.25) is 5.32 Å². The van der Waals surface area contributed by atoms with Crippen LogP contribution in [0.2, 0.25) is 0 Å². The highest BCUT2D eigenvalue weighted by Crippen LogP contribution is 2.29. The highest BCUT2D eigenvalue weighted by Gasteiger charge is 2.31. The molecule has 0 radical (unpaired) electrons. The number of benzene rings is 3. The van der Waals surface area contributed by atoms with Crippen LogP contribution in [0.4, 0.5) is 23.7 Å². The third-order valence-electron chi connectivity index (χ3n) is 6.62. The molecule has 0 atom stereocenters. The van der Waals surface area contributed by atoms with Crippen LogP contribution in [-0.2, 0) is 6.42 Å². The fraction of sp³-hybridized carbons (Fsp3) is 0.290. The molecular weight excluding hydrogens is 577 g/mol. The molecule has 12 heteroatoms. The lowest BCUT2D eigenvalue weighted by Gasteiger charge is -2.28. The molecule has 226 valence electrons. The number of thiocarbonyl (C=S) groups is 1. The normalized spacial score (nSPS) is 11.3. The number of nitrogens with one attached hydrogen (secondary N) is 2. The second-order valence-corrected chi connectivity index (χ2v) is 10.5. The number of urea groups is 1. The molecule has 2 amide bonds. The van der Waals surface area contributed by atoms with Crippen LogP contribution in [0.3, 0.4) is 0 Å². The second-order valence-electron chi connectivity index (χ2n) is 10.1. The highest BCUT2D eigenvalue weighted by atomic mass is 32.1. The van der Waals surface area contributed by atoms with Crippen molar-refractivity contribution in [1.82, 2.24) is 25.4 Å². The average molecular weight is 611 g/mol. The minimum absolute atomic E-state index is 0.307. The molecule has 0 aliphatic rings. The number of nitrogens with zero attached hydrogens (tertiary/aromatic N) is 4. The van der Waals surface area contributed by atoms with E-state index in [1.165, 1.54) is 35.3 Å². The predicted molar refractivity (Wildman–Crippen MR) is 165 cm³/mol. The number of amides is 2. The van der Waals surface area contributed by atoms with Gasteiger partial charge in [0.1, 0.15) is 12.1 Å². The number of ether oxygens (including phenoxy) is 1. The summed E-state index contributed by atoms with van der Waals surface area (Å²) in [6.45, 7) is 9.31. The molecule has 3 aromatic carbocycles. The van der Waals surface area contributed by atoms with E-state index >= 15 is 0 Å². The number of aromatic nitrogens is 3. The zero-order valence-electron chi connectivity index (χ0n) is 24.3. The fourth-order valence-electron chi connectivity index (χ4n) is 4.47. The molecule has 0 saturated heterocycles. The SMILES string of the molecule is CCN(C(=S)NC(=O)NCCc1ccc(-c2ncn(-c3ccc(OC(F)(F)F)cc3)n2)cc1)c1cc(C)ccc1C(C)C. The first-order chi connectivity index (χ1) is 20.4. The molecule has 0 aliphatic carbocycles. The van der Waals surface area contributed by atoms with Crippen LogP contribution in [0.15, 0.2) is 73.1 Å². The van der Waals surface area contributed by atoms with Crippen LogP contribution >= 0.6 is 12.2 Å². The van der Waals surface area contributed by atoms with Gasteiger partial charge < -0.3 is 15.0 Å². The van der Waals surface area contributed by atoms with Gasteiger partial charge in [-0.15, -0.1) is 18.3 Å². The smallest absolute Gasteiger partial charge is 0.406 e. The van der Waals surface area contributed by atoms with Gasteiger partial charge in [0.05, 0.1) is 5.69 Å². The number of halogens is 3. The Morgan fingerprint density at radius 1 is 1.07 bits per heavy atom. The Bertz CT molecular complexity index is 1550. The van der Waals surface area contributed by atoms with Crippen LogP contribution in [0.25, 0.3) is 17.1 Å². The number of aryl methyl sites for hydroxylation is 1. The number of anilines is 1. The van der Waals surface area contributed by atoms with E-state index in [-0.39, 0.29) is 11.8 Å². The number of carbonyl (C=O) groups is 1. The van der Waals surface area contributed by atoms with Crippen LogP contribution in [-0.4, -0.2) is 45.4 Å². The lowest BCUT2D eigenvalue weighted by atomic mass is 9.99. The Hall–Kier alpha value is -4.45. The summed E-state index contributed by atoms with van der Waals surface area (Å²) in [6, 6.07) is 18.8. The van der Waals surface area contributed by atoms with E-state index in [0.717, 1.165) is 27.9 Å². The summed E-state index contributed by atoms with van der Waals surface area (Å²) < 4.78 is 42.5. The van der Waals surface area contributed by atoms with Crippen molar-refractivity contribution in [3.63, 3.8) is 0 Å². The number of alkyl halides is 3. The van der Waals surface area contributed by atoms with Gasteiger partial charge in [-0.25, -0.2) is 14.5 Å². The maximum atomic E-state index is 12.6. The van der Waals surface area contributed by atoms with Gasteiger partial charge in [0.15, 0.2) is 10.9 Å². The predicted octanol–water partition coefficient (Wildman–Crippen LogP) is 6.92. The van der Waals surface area contributed by atoms with Crippen LogP contribution < -0.4 is 20.3 Å². The molecule has 4 aromatic rings. The van der Waals surface area contributed by atoms with Gasteiger partial charge >= 0.3 is 12.4 Å².